The summed E-state index contributed by atoms with van der Waals surface area (Å²) in [7, 11) is 2.05. The van der Waals surface area contributed by atoms with E-state index in [4.69, 9.17) is 5.73 Å². The monoisotopic (exact) mass is 372 g/mol. The summed E-state index contributed by atoms with van der Waals surface area (Å²) in [5.74, 6) is -0.785. The van der Waals surface area contributed by atoms with Gasteiger partial charge in [0.25, 0.3) is 5.91 Å². The number of piperidine rings is 1. The second kappa shape index (κ2) is 7.40. The summed E-state index contributed by atoms with van der Waals surface area (Å²) >= 11 is 0. The van der Waals surface area contributed by atoms with Crippen LogP contribution in [0.2, 0.25) is 0 Å². The van der Waals surface area contributed by atoms with Crippen molar-refractivity contribution in [2.75, 3.05) is 20.1 Å². The Morgan fingerprint density at radius 3 is 2.70 bits per heavy atom. The summed E-state index contributed by atoms with van der Waals surface area (Å²) in [6, 6.07) is 5.16. The molecule has 0 radical (unpaired) electrons. The Kier molecular flexibility index (Phi) is 5.35. The first-order valence-corrected chi connectivity index (χ1v) is 9.36. The van der Waals surface area contributed by atoms with Gasteiger partial charge >= 0.3 is 0 Å². The highest BCUT2D eigenvalue weighted by Crippen LogP contribution is 2.30. The van der Waals surface area contributed by atoms with Crippen LogP contribution in [0, 0.1) is 5.41 Å². The summed E-state index contributed by atoms with van der Waals surface area (Å²) in [4.78, 5) is 40.3. The second-order valence-electron chi connectivity index (χ2n) is 8.38. The van der Waals surface area contributed by atoms with Crippen LogP contribution in [0.1, 0.15) is 48.2 Å². The largest absolute Gasteiger partial charge is 0.330 e. The fraction of sp³-hybridized carbons (Fsp3) is 0.550. The average Bonchev–Trinajstić information content (AvgIpc) is 2.92. The summed E-state index contributed by atoms with van der Waals surface area (Å²) in [6.45, 7) is 6.83. The van der Waals surface area contributed by atoms with Gasteiger partial charge in [-0.25, -0.2) is 0 Å². The third-order valence-electron chi connectivity index (χ3n) is 5.37. The number of rotatable bonds is 6. The maximum atomic E-state index is 12.9. The van der Waals surface area contributed by atoms with E-state index in [1.807, 2.05) is 25.2 Å². The van der Waals surface area contributed by atoms with E-state index in [1.165, 1.54) is 0 Å². The van der Waals surface area contributed by atoms with Crippen LogP contribution in [0.4, 0.5) is 0 Å². The molecule has 1 fully saturated rings. The number of benzene rings is 1. The van der Waals surface area contributed by atoms with Crippen molar-refractivity contribution in [3.8, 4) is 0 Å². The summed E-state index contributed by atoms with van der Waals surface area (Å²) in [5.41, 5.74) is 8.58. The number of nitrogens with zero attached hydrogens (tertiary/aromatic N) is 2. The van der Waals surface area contributed by atoms with Crippen molar-refractivity contribution in [1.29, 1.82) is 0 Å². The minimum atomic E-state index is -0.579. The van der Waals surface area contributed by atoms with Gasteiger partial charge in [0.15, 0.2) is 0 Å². The zero-order valence-corrected chi connectivity index (χ0v) is 16.2. The Morgan fingerprint density at radius 1 is 1.30 bits per heavy atom. The van der Waals surface area contributed by atoms with Gasteiger partial charge in [0.2, 0.25) is 11.8 Å². The molecule has 0 spiro atoms. The molecule has 3 N–H and O–H groups in total. The van der Waals surface area contributed by atoms with Crippen LogP contribution in [0.15, 0.2) is 18.2 Å². The first-order chi connectivity index (χ1) is 12.7. The van der Waals surface area contributed by atoms with E-state index in [0.717, 1.165) is 17.7 Å². The molecule has 1 aromatic carbocycles. The molecule has 0 bridgehead atoms. The Balaban J connectivity index is 1.78. The number of nitrogens with two attached hydrogens (primary N) is 1. The minimum Gasteiger partial charge on any atom is -0.330 e. The van der Waals surface area contributed by atoms with Gasteiger partial charge in [0.05, 0.1) is 0 Å². The second-order valence-corrected chi connectivity index (χ2v) is 8.38. The maximum absolute atomic E-state index is 12.9. The topological polar surface area (TPSA) is 95.7 Å². The molecular formula is C20H28N4O3. The van der Waals surface area contributed by atoms with Crippen LogP contribution in [-0.2, 0) is 22.7 Å². The lowest BCUT2D eigenvalue weighted by Crippen LogP contribution is -2.52. The van der Waals surface area contributed by atoms with Gasteiger partial charge in [0, 0.05) is 31.6 Å². The number of carbonyl (C=O) groups excluding carboxylic acids is 3. The third kappa shape index (κ3) is 4.04. The summed E-state index contributed by atoms with van der Waals surface area (Å²) < 4.78 is 0. The lowest BCUT2D eigenvalue weighted by atomic mass is 9.93. The zero-order valence-electron chi connectivity index (χ0n) is 16.2. The molecule has 3 amide bonds. The SMILES string of the molecule is CN(Cc1cccc2c1CN(C1CCC(=O)NC1=O)C2=O)CC(C)(C)CN. The molecule has 7 nitrogen and oxygen atoms in total. The molecule has 0 aliphatic carbocycles. The smallest absolute Gasteiger partial charge is 0.255 e. The molecule has 0 saturated carbocycles. The first kappa shape index (κ1) is 19.5. The summed E-state index contributed by atoms with van der Waals surface area (Å²) in [5, 5.41) is 2.34. The molecule has 1 saturated heterocycles. The molecule has 2 aliphatic heterocycles. The van der Waals surface area contributed by atoms with Gasteiger partial charge in [-0.2, -0.15) is 0 Å². The van der Waals surface area contributed by atoms with Crippen LogP contribution >= 0.6 is 0 Å². The van der Waals surface area contributed by atoms with Gasteiger partial charge < -0.3 is 15.5 Å². The molecule has 0 aromatic heterocycles. The standard InChI is InChI=1S/C20H28N4O3/c1-20(2,11-21)12-23(3)9-13-5-4-6-14-15(13)10-24(19(14)27)16-7-8-17(25)22-18(16)26/h4-6,16H,7-12,21H2,1-3H3,(H,22,25,26). The highest BCUT2D eigenvalue weighted by molar-refractivity contribution is 6.05. The third-order valence-corrected chi connectivity index (χ3v) is 5.37. The predicted molar refractivity (Wildman–Crippen MR) is 102 cm³/mol. The first-order valence-electron chi connectivity index (χ1n) is 9.36. The average molecular weight is 372 g/mol. The van der Waals surface area contributed by atoms with Crippen LogP contribution in [0.5, 0.6) is 0 Å². The number of fused-ring (bicyclic) bond motifs is 1. The van der Waals surface area contributed by atoms with Gasteiger partial charge in [-0.1, -0.05) is 26.0 Å². The fourth-order valence-corrected chi connectivity index (χ4v) is 3.94. The van der Waals surface area contributed by atoms with Gasteiger partial charge in [0.1, 0.15) is 6.04 Å². The molecule has 146 valence electrons. The Morgan fingerprint density at radius 2 is 2.04 bits per heavy atom. The molecule has 27 heavy (non-hydrogen) atoms. The van der Waals surface area contributed by atoms with Crippen LogP contribution in [0.25, 0.3) is 0 Å². The molecule has 1 unspecified atom stereocenters. The number of imide groups is 1. The highest BCUT2D eigenvalue weighted by atomic mass is 16.2. The highest BCUT2D eigenvalue weighted by Gasteiger charge is 2.39. The van der Waals surface area contributed by atoms with Crippen LogP contribution in [-0.4, -0.2) is 53.7 Å². The molecule has 7 heteroatoms. The lowest BCUT2D eigenvalue weighted by Gasteiger charge is -2.30. The van der Waals surface area contributed by atoms with E-state index in [0.29, 0.717) is 31.6 Å². The predicted octanol–water partition coefficient (Wildman–Crippen LogP) is 0.864. The number of nitrogens with one attached hydrogen (secondary N) is 1. The molecule has 1 atom stereocenters. The lowest BCUT2D eigenvalue weighted by molar-refractivity contribution is -0.136. The van der Waals surface area contributed by atoms with E-state index in [9.17, 15) is 14.4 Å². The molecule has 1 aromatic rings. The van der Waals surface area contributed by atoms with Gasteiger partial charge in [-0.15, -0.1) is 0 Å². The van der Waals surface area contributed by atoms with Crippen LogP contribution < -0.4 is 11.1 Å². The van der Waals surface area contributed by atoms with Crippen LogP contribution in [0.3, 0.4) is 0 Å². The normalized spacial score (nSPS) is 20.3. The van der Waals surface area contributed by atoms with Gasteiger partial charge in [-0.05, 0) is 42.6 Å². The molecular weight excluding hydrogens is 344 g/mol. The Labute approximate surface area is 159 Å². The van der Waals surface area contributed by atoms with E-state index in [-0.39, 0.29) is 29.6 Å². The van der Waals surface area contributed by atoms with Crippen molar-refractivity contribution in [2.24, 2.45) is 11.1 Å². The minimum absolute atomic E-state index is 0.0152. The Bertz CT molecular complexity index is 774. The van der Waals surface area contributed by atoms with E-state index >= 15 is 0 Å². The number of amides is 3. The van der Waals surface area contributed by atoms with Gasteiger partial charge in [-0.3, -0.25) is 19.7 Å². The number of hydrogen-bond acceptors (Lipinski definition) is 5. The Hall–Kier alpha value is -2.25. The van der Waals surface area contributed by atoms with Crippen molar-refractivity contribution < 1.29 is 14.4 Å². The van der Waals surface area contributed by atoms with Crippen molar-refractivity contribution in [3.63, 3.8) is 0 Å². The maximum Gasteiger partial charge on any atom is 0.255 e. The van der Waals surface area contributed by atoms with E-state index in [1.54, 1.807) is 4.90 Å². The number of hydrogen-bond donors (Lipinski definition) is 2. The van der Waals surface area contributed by atoms with Crippen molar-refractivity contribution in [3.05, 3.63) is 34.9 Å². The number of carbonyl (C=O) groups is 3. The van der Waals surface area contributed by atoms with E-state index in [2.05, 4.69) is 24.1 Å². The van der Waals surface area contributed by atoms with E-state index < -0.39 is 6.04 Å². The fourth-order valence-electron chi connectivity index (χ4n) is 3.94. The molecule has 3 rings (SSSR count). The van der Waals surface area contributed by atoms with Crippen molar-refractivity contribution in [2.45, 2.75) is 45.8 Å². The molecule has 2 heterocycles. The quantitative estimate of drug-likeness (QED) is 0.722. The van der Waals surface area contributed by atoms with Crippen molar-refractivity contribution >= 4 is 17.7 Å². The summed E-state index contributed by atoms with van der Waals surface area (Å²) in [6.07, 6.45) is 0.643. The van der Waals surface area contributed by atoms with Crippen molar-refractivity contribution in [1.82, 2.24) is 15.1 Å². The molecule has 2 aliphatic rings. The zero-order chi connectivity index (χ0) is 19.8.